The number of nitrogens with one attached hydrogen (secondary N) is 1. The van der Waals surface area contributed by atoms with Crippen LogP contribution in [0.5, 0.6) is 0 Å². The van der Waals surface area contributed by atoms with Crippen molar-refractivity contribution in [3.8, 4) is 0 Å². The number of hydrogen-bond acceptors (Lipinski definition) is 4. The summed E-state index contributed by atoms with van der Waals surface area (Å²) in [6, 6.07) is 8.25. The van der Waals surface area contributed by atoms with Crippen LogP contribution in [0.3, 0.4) is 0 Å². The number of ketones is 1. The standard InChI is InChI=1S/C14H14N2O3S/c1-9-7-11(10(2)15-9)13(17)8-20-14-6-4-3-5-12(14)16(18)19/h3-7,15H,8H2,1-2H3. The highest BCUT2D eigenvalue weighted by Gasteiger charge is 2.16. The monoisotopic (exact) mass is 290 g/mol. The number of thioether (sulfide) groups is 1. The van der Waals surface area contributed by atoms with Crippen LogP contribution in [0, 0.1) is 24.0 Å². The van der Waals surface area contributed by atoms with Crippen LogP contribution >= 0.6 is 11.8 Å². The largest absolute Gasteiger partial charge is 0.362 e. The first kappa shape index (κ1) is 14.3. The van der Waals surface area contributed by atoms with Crippen LogP contribution in [0.1, 0.15) is 21.7 Å². The molecule has 1 aromatic heterocycles. The number of hydrogen-bond donors (Lipinski definition) is 1. The number of nitrogens with zero attached hydrogens (tertiary/aromatic N) is 1. The molecule has 20 heavy (non-hydrogen) atoms. The first-order chi connectivity index (χ1) is 9.49. The van der Waals surface area contributed by atoms with Gasteiger partial charge in [0.2, 0.25) is 0 Å². The lowest BCUT2D eigenvalue weighted by molar-refractivity contribution is -0.387. The van der Waals surface area contributed by atoms with Crippen LogP contribution < -0.4 is 0 Å². The lowest BCUT2D eigenvalue weighted by atomic mass is 10.2. The number of nitro benzene ring substituents is 1. The maximum Gasteiger partial charge on any atom is 0.282 e. The summed E-state index contributed by atoms with van der Waals surface area (Å²) in [5.74, 6) is 0.151. The van der Waals surface area contributed by atoms with Crippen molar-refractivity contribution < 1.29 is 9.72 Å². The van der Waals surface area contributed by atoms with Gasteiger partial charge in [-0.05, 0) is 26.0 Å². The average molecular weight is 290 g/mol. The summed E-state index contributed by atoms with van der Waals surface area (Å²) in [5.41, 5.74) is 2.44. The van der Waals surface area contributed by atoms with E-state index in [1.165, 1.54) is 17.8 Å². The number of carbonyl (C=O) groups is 1. The quantitative estimate of drug-likeness (QED) is 0.395. The molecular formula is C14H14N2O3S. The Morgan fingerprint density at radius 2 is 2.05 bits per heavy atom. The van der Waals surface area contributed by atoms with Gasteiger partial charge in [0, 0.05) is 23.0 Å². The molecule has 5 nitrogen and oxygen atoms in total. The van der Waals surface area contributed by atoms with Gasteiger partial charge in [-0.3, -0.25) is 14.9 Å². The molecule has 0 saturated carbocycles. The van der Waals surface area contributed by atoms with Crippen LogP contribution in [0.15, 0.2) is 35.2 Å². The number of benzene rings is 1. The Bertz CT molecular complexity index is 664. The van der Waals surface area contributed by atoms with Crippen molar-refractivity contribution in [1.29, 1.82) is 0 Å². The number of rotatable bonds is 5. The van der Waals surface area contributed by atoms with Crippen molar-refractivity contribution in [1.82, 2.24) is 4.98 Å². The Kier molecular flexibility index (Phi) is 4.24. The summed E-state index contributed by atoms with van der Waals surface area (Å²) in [6.45, 7) is 3.73. The maximum atomic E-state index is 12.1. The smallest absolute Gasteiger partial charge is 0.282 e. The zero-order valence-electron chi connectivity index (χ0n) is 11.2. The Morgan fingerprint density at radius 3 is 2.65 bits per heavy atom. The summed E-state index contributed by atoms with van der Waals surface area (Å²) in [6.07, 6.45) is 0. The summed E-state index contributed by atoms with van der Waals surface area (Å²) in [7, 11) is 0. The first-order valence-electron chi connectivity index (χ1n) is 6.04. The van der Waals surface area contributed by atoms with Gasteiger partial charge in [-0.1, -0.05) is 12.1 Å². The van der Waals surface area contributed by atoms with Crippen LogP contribution in [0.2, 0.25) is 0 Å². The minimum atomic E-state index is -0.432. The Balaban J connectivity index is 2.11. The number of aromatic nitrogens is 1. The van der Waals surface area contributed by atoms with Gasteiger partial charge in [-0.15, -0.1) is 11.8 Å². The number of aryl methyl sites for hydroxylation is 2. The van der Waals surface area contributed by atoms with Crippen molar-refractivity contribution in [3.63, 3.8) is 0 Å². The van der Waals surface area contributed by atoms with Gasteiger partial charge in [0.05, 0.1) is 15.6 Å². The van der Waals surface area contributed by atoms with E-state index in [9.17, 15) is 14.9 Å². The van der Waals surface area contributed by atoms with Crippen molar-refractivity contribution in [2.75, 3.05) is 5.75 Å². The third kappa shape index (κ3) is 3.08. The third-order valence-corrected chi connectivity index (χ3v) is 3.93. The SMILES string of the molecule is Cc1cc(C(=O)CSc2ccccc2[N+](=O)[O-])c(C)[nH]1. The molecule has 1 heterocycles. The van der Waals surface area contributed by atoms with Crippen LogP contribution in [0.4, 0.5) is 5.69 Å². The van der Waals surface area contributed by atoms with Crippen LogP contribution in [-0.2, 0) is 0 Å². The summed E-state index contributed by atoms with van der Waals surface area (Å²) in [4.78, 5) is 26.2. The Labute approximate surface area is 120 Å². The molecule has 6 heteroatoms. The highest BCUT2D eigenvalue weighted by Crippen LogP contribution is 2.29. The van der Waals surface area contributed by atoms with E-state index in [4.69, 9.17) is 0 Å². The molecule has 0 spiro atoms. The summed E-state index contributed by atoms with van der Waals surface area (Å²) in [5, 5.41) is 10.9. The number of Topliss-reactive ketones (excluding diaryl/α,β-unsaturated/α-hetero) is 1. The minimum Gasteiger partial charge on any atom is -0.362 e. The van der Waals surface area contributed by atoms with Crippen LogP contribution in [0.25, 0.3) is 0 Å². The molecule has 1 N–H and O–H groups in total. The molecular weight excluding hydrogens is 276 g/mol. The van der Waals surface area contributed by atoms with Gasteiger partial charge in [-0.2, -0.15) is 0 Å². The molecule has 104 valence electrons. The predicted octanol–water partition coefficient (Wildman–Crippen LogP) is 3.51. The highest BCUT2D eigenvalue weighted by atomic mass is 32.2. The van der Waals surface area contributed by atoms with Gasteiger partial charge in [-0.25, -0.2) is 0 Å². The fourth-order valence-corrected chi connectivity index (χ4v) is 2.87. The van der Waals surface area contributed by atoms with Crippen molar-refractivity contribution in [2.24, 2.45) is 0 Å². The van der Waals surface area contributed by atoms with Gasteiger partial charge < -0.3 is 4.98 Å². The number of para-hydroxylation sites is 1. The summed E-state index contributed by atoms with van der Waals surface area (Å²) < 4.78 is 0. The molecule has 1 aromatic carbocycles. The molecule has 0 aliphatic carbocycles. The molecule has 0 atom stereocenters. The molecule has 0 radical (unpaired) electrons. The lowest BCUT2D eigenvalue weighted by Gasteiger charge is -2.02. The predicted molar refractivity (Wildman–Crippen MR) is 78.4 cm³/mol. The van der Waals surface area contributed by atoms with Gasteiger partial charge in [0.15, 0.2) is 5.78 Å². The van der Waals surface area contributed by atoms with Gasteiger partial charge in [0.1, 0.15) is 0 Å². The van der Waals surface area contributed by atoms with E-state index in [1.54, 1.807) is 24.3 Å². The molecule has 0 fully saturated rings. The molecule has 0 bridgehead atoms. The second kappa shape index (κ2) is 5.92. The Hall–Kier alpha value is -2.08. The molecule has 2 aromatic rings. The molecule has 0 unspecified atom stereocenters. The van der Waals surface area contributed by atoms with E-state index in [1.807, 2.05) is 13.8 Å². The second-order valence-electron chi connectivity index (χ2n) is 4.43. The molecule has 0 amide bonds. The lowest BCUT2D eigenvalue weighted by Crippen LogP contribution is -2.03. The maximum absolute atomic E-state index is 12.1. The van der Waals surface area contributed by atoms with Gasteiger partial charge in [0.25, 0.3) is 5.69 Å². The molecule has 0 saturated heterocycles. The number of aromatic amines is 1. The molecule has 0 aliphatic heterocycles. The summed E-state index contributed by atoms with van der Waals surface area (Å²) >= 11 is 1.19. The number of nitro groups is 1. The normalized spacial score (nSPS) is 10.5. The number of H-pyrrole nitrogens is 1. The zero-order chi connectivity index (χ0) is 14.7. The second-order valence-corrected chi connectivity index (χ2v) is 5.44. The van der Waals surface area contributed by atoms with Crippen molar-refractivity contribution >= 4 is 23.2 Å². The minimum absolute atomic E-state index is 0.0324. The van der Waals surface area contributed by atoms with E-state index >= 15 is 0 Å². The average Bonchev–Trinajstić information content (AvgIpc) is 2.75. The van der Waals surface area contributed by atoms with Crippen molar-refractivity contribution in [2.45, 2.75) is 18.7 Å². The van der Waals surface area contributed by atoms with E-state index < -0.39 is 4.92 Å². The Morgan fingerprint density at radius 1 is 1.35 bits per heavy atom. The number of carbonyl (C=O) groups excluding carboxylic acids is 1. The first-order valence-corrected chi connectivity index (χ1v) is 7.03. The fourth-order valence-electron chi connectivity index (χ4n) is 1.96. The van der Waals surface area contributed by atoms with E-state index in [0.29, 0.717) is 10.5 Å². The molecule has 0 aliphatic rings. The fraction of sp³-hybridized carbons (Fsp3) is 0.214. The third-order valence-electron chi connectivity index (χ3n) is 2.87. The van der Waals surface area contributed by atoms with E-state index in [0.717, 1.165) is 11.4 Å². The van der Waals surface area contributed by atoms with Crippen LogP contribution in [-0.4, -0.2) is 21.4 Å². The van der Waals surface area contributed by atoms with E-state index in [2.05, 4.69) is 4.98 Å². The zero-order valence-corrected chi connectivity index (χ0v) is 12.0. The molecule has 2 rings (SSSR count). The van der Waals surface area contributed by atoms with E-state index in [-0.39, 0.29) is 17.2 Å². The van der Waals surface area contributed by atoms with Gasteiger partial charge >= 0.3 is 0 Å². The van der Waals surface area contributed by atoms with Crippen molar-refractivity contribution in [3.05, 3.63) is 57.4 Å². The topological polar surface area (TPSA) is 76.0 Å². The highest BCUT2D eigenvalue weighted by molar-refractivity contribution is 8.00.